The standard InChI is InChI=1S/C24H22N2O4S/c1-18(23-16-19-10-8-9-15-22(19)30-23)25-24(27)17-26(20-11-4-2-5-12-20)31(28,29)21-13-6-3-7-14-21/h2-16,18H,17H2,1H3,(H,25,27). The van der Waals surface area contributed by atoms with Gasteiger partial charge < -0.3 is 9.73 Å². The van der Waals surface area contributed by atoms with Crippen molar-refractivity contribution >= 4 is 32.6 Å². The maximum Gasteiger partial charge on any atom is 0.264 e. The van der Waals surface area contributed by atoms with E-state index in [4.69, 9.17) is 4.42 Å². The van der Waals surface area contributed by atoms with E-state index in [1.54, 1.807) is 55.5 Å². The van der Waals surface area contributed by atoms with Gasteiger partial charge in [0.15, 0.2) is 0 Å². The Balaban J connectivity index is 1.57. The van der Waals surface area contributed by atoms with E-state index in [0.29, 0.717) is 11.4 Å². The highest BCUT2D eigenvalue weighted by Crippen LogP contribution is 2.25. The van der Waals surface area contributed by atoms with Gasteiger partial charge in [0.1, 0.15) is 17.9 Å². The number of anilines is 1. The van der Waals surface area contributed by atoms with Gasteiger partial charge in [0.05, 0.1) is 16.6 Å². The summed E-state index contributed by atoms with van der Waals surface area (Å²) >= 11 is 0. The molecular formula is C24H22N2O4S. The number of hydrogen-bond donors (Lipinski definition) is 1. The SMILES string of the molecule is CC(NC(=O)CN(c1ccccc1)S(=O)(=O)c1ccccc1)c1cc2ccccc2o1. The van der Waals surface area contributed by atoms with E-state index in [2.05, 4.69) is 5.32 Å². The number of rotatable bonds is 7. The highest BCUT2D eigenvalue weighted by Gasteiger charge is 2.27. The lowest BCUT2D eigenvalue weighted by Gasteiger charge is -2.24. The number of carbonyl (C=O) groups is 1. The Labute approximate surface area is 181 Å². The van der Waals surface area contributed by atoms with Crippen molar-refractivity contribution in [2.45, 2.75) is 17.9 Å². The molecule has 0 radical (unpaired) electrons. The van der Waals surface area contributed by atoms with Crippen molar-refractivity contribution in [1.82, 2.24) is 5.32 Å². The van der Waals surface area contributed by atoms with E-state index in [-0.39, 0.29) is 11.4 Å². The Morgan fingerprint density at radius 2 is 1.55 bits per heavy atom. The summed E-state index contributed by atoms with van der Waals surface area (Å²) in [5.74, 6) is 0.169. The molecule has 31 heavy (non-hydrogen) atoms. The van der Waals surface area contributed by atoms with Crippen molar-refractivity contribution in [3.05, 3.63) is 96.8 Å². The topological polar surface area (TPSA) is 79.6 Å². The second-order valence-corrected chi connectivity index (χ2v) is 9.00. The summed E-state index contributed by atoms with van der Waals surface area (Å²) < 4.78 is 33.5. The third kappa shape index (κ3) is 4.46. The molecule has 1 N–H and O–H groups in total. The summed E-state index contributed by atoms with van der Waals surface area (Å²) in [6.07, 6.45) is 0. The highest BCUT2D eigenvalue weighted by molar-refractivity contribution is 7.92. The van der Waals surface area contributed by atoms with Gasteiger partial charge in [-0.15, -0.1) is 0 Å². The van der Waals surface area contributed by atoms with E-state index < -0.39 is 22.0 Å². The number of nitrogens with zero attached hydrogens (tertiary/aromatic N) is 1. The number of fused-ring (bicyclic) bond motifs is 1. The fraction of sp³-hybridized carbons (Fsp3) is 0.125. The van der Waals surface area contributed by atoms with Crippen molar-refractivity contribution in [3.8, 4) is 0 Å². The Hall–Kier alpha value is -3.58. The predicted molar refractivity (Wildman–Crippen MR) is 120 cm³/mol. The molecule has 1 heterocycles. The second-order valence-electron chi connectivity index (χ2n) is 7.14. The lowest BCUT2D eigenvalue weighted by molar-refractivity contribution is -0.120. The van der Waals surface area contributed by atoms with Crippen molar-refractivity contribution < 1.29 is 17.6 Å². The zero-order valence-electron chi connectivity index (χ0n) is 16.9. The van der Waals surface area contributed by atoms with E-state index in [1.165, 1.54) is 12.1 Å². The first-order valence-corrected chi connectivity index (χ1v) is 11.3. The minimum atomic E-state index is -3.92. The average Bonchev–Trinajstić information content (AvgIpc) is 3.23. The van der Waals surface area contributed by atoms with Gasteiger partial charge in [0.25, 0.3) is 10.0 Å². The van der Waals surface area contributed by atoms with E-state index in [9.17, 15) is 13.2 Å². The van der Waals surface area contributed by atoms with E-state index in [1.807, 2.05) is 30.3 Å². The predicted octanol–water partition coefficient (Wildman–Crippen LogP) is 4.51. The summed E-state index contributed by atoms with van der Waals surface area (Å²) in [5, 5.41) is 3.78. The number of hydrogen-bond acceptors (Lipinski definition) is 4. The Kier molecular flexibility index (Phi) is 5.77. The minimum absolute atomic E-state index is 0.122. The summed E-state index contributed by atoms with van der Waals surface area (Å²) in [6, 6.07) is 25.7. The average molecular weight is 435 g/mol. The first-order valence-electron chi connectivity index (χ1n) is 9.86. The third-order valence-corrected chi connectivity index (χ3v) is 6.70. The molecule has 1 atom stereocenters. The summed E-state index contributed by atoms with van der Waals surface area (Å²) in [7, 11) is -3.92. The van der Waals surface area contributed by atoms with Crippen LogP contribution in [0.2, 0.25) is 0 Å². The van der Waals surface area contributed by atoms with Gasteiger partial charge in [0, 0.05) is 5.39 Å². The Morgan fingerprint density at radius 3 is 2.23 bits per heavy atom. The zero-order chi connectivity index (χ0) is 21.8. The maximum absolute atomic E-state index is 13.3. The van der Waals surface area contributed by atoms with Crippen LogP contribution in [-0.2, 0) is 14.8 Å². The molecule has 6 nitrogen and oxygen atoms in total. The second kappa shape index (κ2) is 8.65. The molecule has 0 saturated heterocycles. The molecule has 0 aliphatic rings. The van der Waals surface area contributed by atoms with Crippen LogP contribution in [0.25, 0.3) is 11.0 Å². The van der Waals surface area contributed by atoms with Crippen LogP contribution < -0.4 is 9.62 Å². The smallest absolute Gasteiger partial charge is 0.264 e. The number of sulfonamides is 1. The largest absolute Gasteiger partial charge is 0.459 e. The maximum atomic E-state index is 13.3. The zero-order valence-corrected chi connectivity index (χ0v) is 17.7. The van der Waals surface area contributed by atoms with Crippen molar-refractivity contribution in [3.63, 3.8) is 0 Å². The Morgan fingerprint density at radius 1 is 0.935 bits per heavy atom. The molecule has 158 valence electrons. The molecule has 1 aromatic heterocycles. The molecule has 3 aromatic carbocycles. The van der Waals surface area contributed by atoms with Crippen LogP contribution in [0, 0.1) is 0 Å². The van der Waals surface area contributed by atoms with Gasteiger partial charge in [0.2, 0.25) is 5.91 Å². The molecule has 4 aromatic rings. The third-order valence-electron chi connectivity index (χ3n) is 4.91. The molecule has 0 saturated carbocycles. The first kappa shape index (κ1) is 20.7. The number of nitrogens with one attached hydrogen (secondary N) is 1. The van der Waals surface area contributed by atoms with Gasteiger partial charge in [-0.3, -0.25) is 9.10 Å². The molecule has 0 aliphatic heterocycles. The number of carbonyl (C=O) groups excluding carboxylic acids is 1. The molecule has 0 spiro atoms. The van der Waals surface area contributed by atoms with Crippen molar-refractivity contribution in [1.29, 1.82) is 0 Å². The van der Waals surface area contributed by atoms with Crippen LogP contribution in [-0.4, -0.2) is 20.9 Å². The fourth-order valence-corrected chi connectivity index (χ4v) is 4.78. The number of amides is 1. The van der Waals surface area contributed by atoms with Crippen LogP contribution in [0.1, 0.15) is 18.7 Å². The lowest BCUT2D eigenvalue weighted by atomic mass is 10.2. The van der Waals surface area contributed by atoms with Crippen LogP contribution in [0.5, 0.6) is 0 Å². The molecule has 4 rings (SSSR count). The van der Waals surface area contributed by atoms with Crippen LogP contribution in [0.3, 0.4) is 0 Å². The van der Waals surface area contributed by atoms with Crippen LogP contribution >= 0.6 is 0 Å². The minimum Gasteiger partial charge on any atom is -0.459 e. The molecule has 1 amide bonds. The molecule has 7 heteroatoms. The molecule has 0 fully saturated rings. The molecular weight excluding hydrogens is 412 g/mol. The van der Waals surface area contributed by atoms with Crippen LogP contribution in [0.15, 0.2) is 100 Å². The van der Waals surface area contributed by atoms with Crippen molar-refractivity contribution in [2.24, 2.45) is 0 Å². The molecule has 0 aliphatic carbocycles. The summed E-state index contributed by atoms with van der Waals surface area (Å²) in [6.45, 7) is 1.44. The quantitative estimate of drug-likeness (QED) is 0.464. The monoisotopic (exact) mass is 434 g/mol. The molecule has 1 unspecified atom stereocenters. The normalized spacial score (nSPS) is 12.4. The van der Waals surface area contributed by atoms with Gasteiger partial charge in [-0.25, -0.2) is 8.42 Å². The number of benzene rings is 3. The van der Waals surface area contributed by atoms with E-state index >= 15 is 0 Å². The fourth-order valence-electron chi connectivity index (χ4n) is 3.33. The van der Waals surface area contributed by atoms with Gasteiger partial charge in [-0.2, -0.15) is 0 Å². The lowest BCUT2D eigenvalue weighted by Crippen LogP contribution is -2.41. The summed E-state index contributed by atoms with van der Waals surface area (Å²) in [4.78, 5) is 13.0. The number of para-hydroxylation sites is 2. The summed E-state index contributed by atoms with van der Waals surface area (Å²) in [5.41, 5.74) is 1.15. The van der Waals surface area contributed by atoms with Crippen LogP contribution in [0.4, 0.5) is 5.69 Å². The Bertz CT molecular complexity index is 1250. The van der Waals surface area contributed by atoms with Gasteiger partial charge in [-0.05, 0) is 43.3 Å². The first-order chi connectivity index (χ1) is 14.9. The van der Waals surface area contributed by atoms with Gasteiger partial charge >= 0.3 is 0 Å². The van der Waals surface area contributed by atoms with Crippen molar-refractivity contribution in [2.75, 3.05) is 10.8 Å². The number of furan rings is 1. The highest BCUT2D eigenvalue weighted by atomic mass is 32.2. The van der Waals surface area contributed by atoms with Gasteiger partial charge in [-0.1, -0.05) is 54.6 Å². The molecule has 0 bridgehead atoms. The van der Waals surface area contributed by atoms with E-state index in [0.717, 1.165) is 15.3 Å².